The summed E-state index contributed by atoms with van der Waals surface area (Å²) in [6.45, 7) is 2.07. The third-order valence-electron chi connectivity index (χ3n) is 3.66. The summed E-state index contributed by atoms with van der Waals surface area (Å²) >= 11 is 0. The molecule has 1 aliphatic carbocycles. The molecule has 16 heavy (non-hydrogen) atoms. The van der Waals surface area contributed by atoms with E-state index in [0.717, 1.165) is 24.2 Å². The van der Waals surface area contributed by atoms with E-state index in [9.17, 15) is 4.79 Å². The van der Waals surface area contributed by atoms with Crippen LogP contribution in [-0.4, -0.2) is 11.4 Å². The van der Waals surface area contributed by atoms with Gasteiger partial charge in [-0.2, -0.15) is 0 Å². The lowest BCUT2D eigenvalue weighted by Gasteiger charge is -2.41. The SMILES string of the molecule is Cc1ccc2c(c1)NC1(CCC1)CC(=O)N2. The standard InChI is InChI=1S/C13H16N2O/c1-9-3-4-10-11(7-9)15-13(5-2-6-13)8-12(16)14-10/h3-4,7,15H,2,5-6,8H2,1H3,(H,14,16). The van der Waals surface area contributed by atoms with Gasteiger partial charge in [0.1, 0.15) is 0 Å². The number of anilines is 2. The second-order valence-corrected chi connectivity index (χ2v) is 5.03. The first-order valence-electron chi connectivity index (χ1n) is 5.86. The number of amides is 1. The van der Waals surface area contributed by atoms with Gasteiger partial charge in [-0.25, -0.2) is 0 Å². The summed E-state index contributed by atoms with van der Waals surface area (Å²) in [4.78, 5) is 11.8. The fourth-order valence-corrected chi connectivity index (χ4v) is 2.61. The Morgan fingerprint density at radius 1 is 1.25 bits per heavy atom. The summed E-state index contributed by atoms with van der Waals surface area (Å²) in [6.07, 6.45) is 4.03. The van der Waals surface area contributed by atoms with Crippen LogP contribution in [0.1, 0.15) is 31.2 Å². The number of hydrogen-bond donors (Lipinski definition) is 2. The molecule has 0 atom stereocenters. The molecule has 0 radical (unpaired) electrons. The van der Waals surface area contributed by atoms with Crippen molar-refractivity contribution in [3.05, 3.63) is 23.8 Å². The van der Waals surface area contributed by atoms with E-state index in [-0.39, 0.29) is 11.4 Å². The summed E-state index contributed by atoms with van der Waals surface area (Å²) in [6, 6.07) is 6.12. The van der Waals surface area contributed by atoms with Crippen LogP contribution in [0, 0.1) is 6.92 Å². The second-order valence-electron chi connectivity index (χ2n) is 5.03. The van der Waals surface area contributed by atoms with Crippen molar-refractivity contribution >= 4 is 17.3 Å². The van der Waals surface area contributed by atoms with E-state index < -0.39 is 0 Å². The van der Waals surface area contributed by atoms with Crippen LogP contribution in [0.4, 0.5) is 11.4 Å². The van der Waals surface area contributed by atoms with Crippen molar-refractivity contribution in [1.29, 1.82) is 0 Å². The van der Waals surface area contributed by atoms with Crippen molar-refractivity contribution in [3.63, 3.8) is 0 Å². The van der Waals surface area contributed by atoms with Crippen LogP contribution < -0.4 is 10.6 Å². The van der Waals surface area contributed by atoms with Crippen LogP contribution in [0.15, 0.2) is 18.2 Å². The summed E-state index contributed by atoms with van der Waals surface area (Å²) in [5.41, 5.74) is 3.24. The van der Waals surface area contributed by atoms with E-state index in [1.165, 1.54) is 12.0 Å². The van der Waals surface area contributed by atoms with Gasteiger partial charge >= 0.3 is 0 Å². The number of carbonyl (C=O) groups is 1. The third-order valence-corrected chi connectivity index (χ3v) is 3.66. The highest BCUT2D eigenvalue weighted by Crippen LogP contribution is 2.42. The van der Waals surface area contributed by atoms with Crippen molar-refractivity contribution in [3.8, 4) is 0 Å². The lowest BCUT2D eigenvalue weighted by atomic mass is 9.74. The van der Waals surface area contributed by atoms with Crippen molar-refractivity contribution in [2.24, 2.45) is 0 Å². The van der Waals surface area contributed by atoms with E-state index in [1.807, 2.05) is 12.1 Å². The quantitative estimate of drug-likeness (QED) is 0.700. The Kier molecular flexibility index (Phi) is 1.96. The maximum Gasteiger partial charge on any atom is 0.226 e. The van der Waals surface area contributed by atoms with Crippen LogP contribution in [0.2, 0.25) is 0 Å². The van der Waals surface area contributed by atoms with E-state index >= 15 is 0 Å². The Bertz CT molecular complexity index is 449. The predicted octanol–water partition coefficient (Wildman–Crippen LogP) is 2.67. The third kappa shape index (κ3) is 1.47. The first kappa shape index (κ1) is 9.70. The molecule has 2 N–H and O–H groups in total. The van der Waals surface area contributed by atoms with Gasteiger partial charge in [0.15, 0.2) is 0 Å². The Morgan fingerprint density at radius 2 is 2.06 bits per heavy atom. The molecule has 3 rings (SSSR count). The minimum atomic E-state index is 0.0309. The number of nitrogens with one attached hydrogen (secondary N) is 2. The number of aryl methyl sites for hydroxylation is 1. The summed E-state index contributed by atoms with van der Waals surface area (Å²) in [5, 5.41) is 6.53. The van der Waals surface area contributed by atoms with E-state index in [4.69, 9.17) is 0 Å². The minimum Gasteiger partial charge on any atom is -0.377 e. The fourth-order valence-electron chi connectivity index (χ4n) is 2.61. The molecule has 3 nitrogen and oxygen atoms in total. The molecule has 1 aliphatic heterocycles. The highest BCUT2D eigenvalue weighted by Gasteiger charge is 2.40. The Morgan fingerprint density at radius 3 is 2.75 bits per heavy atom. The summed E-state index contributed by atoms with van der Waals surface area (Å²) in [7, 11) is 0. The number of hydrogen-bond acceptors (Lipinski definition) is 2. The first-order chi connectivity index (χ1) is 7.67. The normalized spacial score (nSPS) is 21.4. The van der Waals surface area contributed by atoms with Gasteiger partial charge in [0, 0.05) is 12.0 Å². The van der Waals surface area contributed by atoms with Gasteiger partial charge in [-0.3, -0.25) is 4.79 Å². The number of benzene rings is 1. The molecular weight excluding hydrogens is 200 g/mol. The fraction of sp³-hybridized carbons (Fsp3) is 0.462. The van der Waals surface area contributed by atoms with Crippen molar-refractivity contribution in [2.45, 2.75) is 38.1 Å². The van der Waals surface area contributed by atoms with E-state index in [0.29, 0.717) is 6.42 Å². The molecule has 1 amide bonds. The van der Waals surface area contributed by atoms with E-state index in [2.05, 4.69) is 23.6 Å². The molecular formula is C13H16N2O. The average Bonchev–Trinajstić information content (AvgIpc) is 2.32. The van der Waals surface area contributed by atoms with Crippen LogP contribution in [0.25, 0.3) is 0 Å². The molecule has 1 saturated carbocycles. The smallest absolute Gasteiger partial charge is 0.226 e. The maximum atomic E-state index is 11.8. The molecule has 1 aromatic carbocycles. The number of fused-ring (bicyclic) bond motifs is 1. The number of rotatable bonds is 0. The van der Waals surface area contributed by atoms with Crippen molar-refractivity contribution < 1.29 is 4.79 Å². The summed E-state index contributed by atoms with van der Waals surface area (Å²) in [5.74, 6) is 0.134. The topological polar surface area (TPSA) is 41.1 Å². The van der Waals surface area contributed by atoms with E-state index in [1.54, 1.807) is 0 Å². The van der Waals surface area contributed by atoms with Gasteiger partial charge in [-0.1, -0.05) is 6.07 Å². The highest BCUT2D eigenvalue weighted by molar-refractivity contribution is 5.97. The van der Waals surface area contributed by atoms with Crippen LogP contribution in [0.5, 0.6) is 0 Å². The molecule has 0 unspecified atom stereocenters. The molecule has 1 spiro atoms. The number of carbonyl (C=O) groups excluding carboxylic acids is 1. The Labute approximate surface area is 95.2 Å². The lowest BCUT2D eigenvalue weighted by Crippen LogP contribution is -2.46. The largest absolute Gasteiger partial charge is 0.377 e. The molecule has 1 fully saturated rings. The van der Waals surface area contributed by atoms with Gasteiger partial charge in [0.05, 0.1) is 11.4 Å². The van der Waals surface area contributed by atoms with Gasteiger partial charge in [0.25, 0.3) is 0 Å². The summed E-state index contributed by atoms with van der Waals surface area (Å²) < 4.78 is 0. The van der Waals surface area contributed by atoms with Gasteiger partial charge in [-0.05, 0) is 43.9 Å². The zero-order chi connectivity index (χ0) is 11.2. The van der Waals surface area contributed by atoms with Gasteiger partial charge in [0.2, 0.25) is 5.91 Å². The van der Waals surface area contributed by atoms with Crippen molar-refractivity contribution in [1.82, 2.24) is 0 Å². The minimum absolute atomic E-state index is 0.0309. The predicted molar refractivity (Wildman–Crippen MR) is 64.6 cm³/mol. The maximum absolute atomic E-state index is 11.8. The lowest BCUT2D eigenvalue weighted by molar-refractivity contribution is -0.117. The Hall–Kier alpha value is -1.51. The molecule has 1 aromatic rings. The first-order valence-corrected chi connectivity index (χ1v) is 5.86. The van der Waals surface area contributed by atoms with Crippen LogP contribution in [-0.2, 0) is 4.79 Å². The molecule has 0 aromatic heterocycles. The average molecular weight is 216 g/mol. The zero-order valence-electron chi connectivity index (χ0n) is 9.47. The molecule has 84 valence electrons. The van der Waals surface area contributed by atoms with Gasteiger partial charge < -0.3 is 10.6 Å². The monoisotopic (exact) mass is 216 g/mol. The van der Waals surface area contributed by atoms with Crippen molar-refractivity contribution in [2.75, 3.05) is 10.6 Å². The molecule has 3 heteroatoms. The van der Waals surface area contributed by atoms with Gasteiger partial charge in [-0.15, -0.1) is 0 Å². The van der Waals surface area contributed by atoms with Crippen LogP contribution in [0.3, 0.4) is 0 Å². The van der Waals surface area contributed by atoms with Crippen LogP contribution >= 0.6 is 0 Å². The molecule has 1 heterocycles. The molecule has 0 saturated heterocycles. The highest BCUT2D eigenvalue weighted by atomic mass is 16.1. The Balaban J connectivity index is 2.02. The second kappa shape index (κ2) is 3.24. The zero-order valence-corrected chi connectivity index (χ0v) is 9.47. The molecule has 2 aliphatic rings. The molecule has 0 bridgehead atoms.